The normalized spacial score (nSPS) is 10.8. The molecule has 0 aliphatic rings. The molecule has 3 rings (SSSR count). The summed E-state index contributed by atoms with van der Waals surface area (Å²) in [6, 6.07) is 27.8. The number of aromatic hydroxyl groups is 1. The van der Waals surface area contributed by atoms with E-state index in [0.717, 1.165) is 5.56 Å². The number of benzene rings is 3. The molecule has 3 aromatic carbocycles. The molecule has 0 amide bonds. The lowest BCUT2D eigenvalue weighted by Crippen LogP contribution is -2.13. The quantitative estimate of drug-likeness (QED) is 0.723. The second kappa shape index (κ2) is 7.22. The third-order valence-corrected chi connectivity index (χ3v) is 5.24. The van der Waals surface area contributed by atoms with Gasteiger partial charge < -0.3 is 9.63 Å². The van der Waals surface area contributed by atoms with Gasteiger partial charge in [0.2, 0.25) is 0 Å². The minimum absolute atomic E-state index is 0.276. The predicted octanol–water partition coefficient (Wildman–Crippen LogP) is 3.96. The molecule has 22 heavy (non-hydrogen) atoms. The van der Waals surface area contributed by atoms with Crippen LogP contribution in [0.4, 0.5) is 0 Å². The van der Waals surface area contributed by atoms with Crippen molar-refractivity contribution in [2.75, 3.05) is 0 Å². The topological polar surface area (TPSA) is 29.5 Å². The van der Waals surface area contributed by atoms with E-state index in [1.807, 2.05) is 54.6 Å². The third kappa shape index (κ3) is 3.54. The van der Waals surface area contributed by atoms with Crippen LogP contribution in [0.25, 0.3) is 0 Å². The van der Waals surface area contributed by atoms with Crippen LogP contribution in [0, 0.1) is 0 Å². The molecule has 0 saturated carbocycles. The summed E-state index contributed by atoms with van der Waals surface area (Å²) >= 11 is 0. The Hall–Kier alpha value is -2.15. The molecule has 2 nitrogen and oxygen atoms in total. The Kier molecular flexibility index (Phi) is 4.85. The first kappa shape index (κ1) is 14.8. The highest BCUT2D eigenvalue weighted by atomic mass is 31.1. The number of rotatable bonds is 5. The Morgan fingerprint density at radius 1 is 0.682 bits per heavy atom. The number of phenols is 1. The highest BCUT2D eigenvalue weighted by molar-refractivity contribution is 7.68. The average molecular weight is 308 g/mol. The minimum atomic E-state index is -0.898. The van der Waals surface area contributed by atoms with Crippen LogP contribution in [0.5, 0.6) is 5.75 Å². The molecular formula is C19H17O2P. The lowest BCUT2D eigenvalue weighted by atomic mass is 10.2. The van der Waals surface area contributed by atoms with Gasteiger partial charge in [-0.05, 0) is 6.07 Å². The Bertz CT molecular complexity index is 674. The Morgan fingerprint density at radius 2 is 1.18 bits per heavy atom. The molecule has 0 fully saturated rings. The Labute approximate surface area is 131 Å². The Morgan fingerprint density at radius 3 is 1.73 bits per heavy atom. The van der Waals surface area contributed by atoms with Crippen LogP contribution in [0.1, 0.15) is 5.56 Å². The second-order valence-electron chi connectivity index (χ2n) is 4.87. The standard InChI is InChI=1S/C19H17O2P/c20-19-14-8-7-9-16(19)15-21-22(17-10-3-1-4-11-17)18-12-5-2-6-13-18/h1-14,20H,15H2. The monoisotopic (exact) mass is 308 g/mol. The van der Waals surface area contributed by atoms with Gasteiger partial charge in [-0.3, -0.25) is 0 Å². The minimum Gasteiger partial charge on any atom is -0.508 e. The van der Waals surface area contributed by atoms with E-state index in [-0.39, 0.29) is 5.75 Å². The van der Waals surface area contributed by atoms with E-state index in [0.29, 0.717) is 6.61 Å². The molecule has 0 radical (unpaired) electrons. The number of para-hydroxylation sites is 1. The van der Waals surface area contributed by atoms with Crippen molar-refractivity contribution in [3.63, 3.8) is 0 Å². The predicted molar refractivity (Wildman–Crippen MR) is 92.0 cm³/mol. The summed E-state index contributed by atoms with van der Waals surface area (Å²) < 4.78 is 6.19. The second-order valence-corrected chi connectivity index (χ2v) is 6.75. The summed E-state index contributed by atoms with van der Waals surface area (Å²) in [6.45, 7) is 0.391. The summed E-state index contributed by atoms with van der Waals surface area (Å²) in [5.41, 5.74) is 0.807. The van der Waals surface area contributed by atoms with Gasteiger partial charge >= 0.3 is 0 Å². The maximum absolute atomic E-state index is 9.89. The molecule has 0 atom stereocenters. The molecule has 0 spiro atoms. The van der Waals surface area contributed by atoms with Crippen LogP contribution >= 0.6 is 8.15 Å². The molecule has 3 aromatic rings. The van der Waals surface area contributed by atoms with E-state index in [1.165, 1.54) is 10.6 Å². The van der Waals surface area contributed by atoms with E-state index in [9.17, 15) is 5.11 Å². The molecule has 0 aliphatic carbocycles. The van der Waals surface area contributed by atoms with Crippen molar-refractivity contribution in [1.29, 1.82) is 0 Å². The van der Waals surface area contributed by atoms with Crippen LogP contribution < -0.4 is 10.6 Å². The number of hydrogen-bond donors (Lipinski definition) is 1. The van der Waals surface area contributed by atoms with Gasteiger partial charge in [-0.1, -0.05) is 78.9 Å². The summed E-state index contributed by atoms with van der Waals surface area (Å²) in [5.74, 6) is 0.276. The summed E-state index contributed by atoms with van der Waals surface area (Å²) in [5, 5.41) is 12.2. The van der Waals surface area contributed by atoms with Crippen LogP contribution in [-0.4, -0.2) is 5.11 Å². The molecule has 0 aromatic heterocycles. The molecule has 3 heteroatoms. The van der Waals surface area contributed by atoms with Crippen LogP contribution in [-0.2, 0) is 11.1 Å². The van der Waals surface area contributed by atoms with Gasteiger partial charge in [0.25, 0.3) is 0 Å². The third-order valence-electron chi connectivity index (χ3n) is 3.32. The molecule has 0 saturated heterocycles. The molecular weight excluding hydrogens is 291 g/mol. The van der Waals surface area contributed by atoms with Crippen LogP contribution in [0.15, 0.2) is 84.9 Å². The van der Waals surface area contributed by atoms with E-state index in [2.05, 4.69) is 24.3 Å². The Balaban J connectivity index is 1.85. The maximum Gasteiger partial charge on any atom is 0.121 e. The van der Waals surface area contributed by atoms with Gasteiger partial charge in [-0.2, -0.15) is 0 Å². The van der Waals surface area contributed by atoms with Crippen LogP contribution in [0.3, 0.4) is 0 Å². The van der Waals surface area contributed by atoms with E-state index >= 15 is 0 Å². The van der Waals surface area contributed by atoms with Gasteiger partial charge in [0.15, 0.2) is 0 Å². The maximum atomic E-state index is 9.89. The van der Waals surface area contributed by atoms with Gasteiger partial charge in [-0.25, -0.2) is 0 Å². The first-order valence-electron chi connectivity index (χ1n) is 7.14. The zero-order chi connectivity index (χ0) is 15.2. The fourth-order valence-electron chi connectivity index (χ4n) is 2.19. The highest BCUT2D eigenvalue weighted by Crippen LogP contribution is 2.36. The summed E-state index contributed by atoms with van der Waals surface area (Å²) in [7, 11) is -0.898. The lowest BCUT2D eigenvalue weighted by molar-refractivity contribution is 0.339. The van der Waals surface area contributed by atoms with Crippen molar-refractivity contribution in [1.82, 2.24) is 0 Å². The van der Waals surface area contributed by atoms with Gasteiger partial charge in [-0.15, -0.1) is 0 Å². The van der Waals surface area contributed by atoms with Crippen molar-refractivity contribution < 1.29 is 9.63 Å². The zero-order valence-corrected chi connectivity index (χ0v) is 13.0. The highest BCUT2D eigenvalue weighted by Gasteiger charge is 2.15. The zero-order valence-electron chi connectivity index (χ0n) is 12.1. The van der Waals surface area contributed by atoms with E-state index in [4.69, 9.17) is 4.52 Å². The molecule has 0 bridgehead atoms. The number of hydrogen-bond acceptors (Lipinski definition) is 2. The fraction of sp³-hybridized carbons (Fsp3) is 0.0526. The van der Waals surface area contributed by atoms with Crippen LogP contribution in [0.2, 0.25) is 0 Å². The van der Waals surface area contributed by atoms with Gasteiger partial charge in [0.1, 0.15) is 5.75 Å². The molecule has 0 unspecified atom stereocenters. The summed E-state index contributed by atoms with van der Waals surface area (Å²) in [4.78, 5) is 0. The SMILES string of the molecule is Oc1ccccc1COP(c1ccccc1)c1ccccc1. The molecule has 110 valence electrons. The largest absolute Gasteiger partial charge is 0.508 e. The molecule has 1 N–H and O–H groups in total. The lowest BCUT2D eigenvalue weighted by Gasteiger charge is -2.19. The van der Waals surface area contributed by atoms with Crippen molar-refractivity contribution >= 4 is 18.8 Å². The van der Waals surface area contributed by atoms with E-state index in [1.54, 1.807) is 6.07 Å². The fourth-order valence-corrected chi connectivity index (χ4v) is 3.94. The van der Waals surface area contributed by atoms with E-state index < -0.39 is 8.15 Å². The molecule has 0 aliphatic heterocycles. The first-order chi connectivity index (χ1) is 10.8. The van der Waals surface area contributed by atoms with Crippen molar-refractivity contribution in [3.8, 4) is 5.75 Å². The first-order valence-corrected chi connectivity index (χ1v) is 8.40. The van der Waals surface area contributed by atoms with Gasteiger partial charge in [0.05, 0.1) is 14.8 Å². The van der Waals surface area contributed by atoms with Crippen molar-refractivity contribution in [2.24, 2.45) is 0 Å². The summed E-state index contributed by atoms with van der Waals surface area (Å²) in [6.07, 6.45) is 0. The van der Waals surface area contributed by atoms with Crippen molar-refractivity contribution in [3.05, 3.63) is 90.5 Å². The molecule has 0 heterocycles. The average Bonchev–Trinajstić information content (AvgIpc) is 2.59. The smallest absolute Gasteiger partial charge is 0.121 e. The number of phenolic OH excluding ortho intramolecular Hbond substituents is 1. The van der Waals surface area contributed by atoms with Crippen molar-refractivity contribution in [2.45, 2.75) is 6.61 Å². The van der Waals surface area contributed by atoms with Gasteiger partial charge in [0, 0.05) is 16.2 Å².